The highest BCUT2D eigenvalue weighted by Gasteiger charge is 2.25. The van der Waals surface area contributed by atoms with Gasteiger partial charge in [-0.2, -0.15) is 0 Å². The Balaban J connectivity index is 1.34. The third-order valence-corrected chi connectivity index (χ3v) is 5.03. The van der Waals surface area contributed by atoms with Gasteiger partial charge in [0, 0.05) is 19.5 Å². The molecule has 0 aliphatic carbocycles. The first-order chi connectivity index (χ1) is 12.8. The van der Waals surface area contributed by atoms with E-state index in [4.69, 9.17) is 4.42 Å². The number of carbonyl (C=O) groups excluding carboxylic acids is 1. The maximum absolute atomic E-state index is 12.4. The third kappa shape index (κ3) is 3.69. The van der Waals surface area contributed by atoms with E-state index in [1.54, 1.807) is 18.7 Å². The van der Waals surface area contributed by atoms with Crippen molar-refractivity contribution in [2.75, 3.05) is 13.1 Å². The lowest BCUT2D eigenvalue weighted by Crippen LogP contribution is -2.38. The number of carbonyl (C=O) groups is 1. The summed E-state index contributed by atoms with van der Waals surface area (Å²) in [6.07, 6.45) is 7.74. The summed E-state index contributed by atoms with van der Waals surface area (Å²) < 4.78 is 7.14. The minimum absolute atomic E-state index is 0.0597. The van der Waals surface area contributed by atoms with E-state index in [1.165, 1.54) is 11.8 Å². The Kier molecular flexibility index (Phi) is 4.82. The van der Waals surface area contributed by atoms with Crippen LogP contribution in [0, 0.1) is 5.92 Å². The zero-order valence-electron chi connectivity index (χ0n) is 14.6. The van der Waals surface area contributed by atoms with Gasteiger partial charge in [-0.25, -0.2) is 0 Å². The highest BCUT2D eigenvalue weighted by atomic mass is 16.3. The average molecular weight is 350 g/mol. The normalized spacial score (nSPS) is 15.3. The van der Waals surface area contributed by atoms with Gasteiger partial charge in [0.25, 0.3) is 5.91 Å². The van der Waals surface area contributed by atoms with E-state index in [9.17, 15) is 4.79 Å². The van der Waals surface area contributed by atoms with Crippen LogP contribution in [0.25, 0.3) is 0 Å². The van der Waals surface area contributed by atoms with Crippen LogP contribution in [-0.2, 0) is 13.0 Å². The number of likely N-dealkylation sites (tertiary alicyclic amines) is 1. The second-order valence-corrected chi connectivity index (χ2v) is 6.81. The minimum Gasteiger partial charge on any atom is -0.472 e. The van der Waals surface area contributed by atoms with E-state index < -0.39 is 0 Å². The Hall–Kier alpha value is -2.89. The zero-order chi connectivity index (χ0) is 17.8. The molecule has 1 amide bonds. The van der Waals surface area contributed by atoms with Crippen molar-refractivity contribution in [2.45, 2.75) is 25.8 Å². The third-order valence-electron chi connectivity index (χ3n) is 5.03. The molecule has 6 heteroatoms. The van der Waals surface area contributed by atoms with Crippen LogP contribution >= 0.6 is 0 Å². The molecule has 4 rings (SSSR count). The molecule has 1 aliphatic rings. The summed E-state index contributed by atoms with van der Waals surface area (Å²) in [6, 6.07) is 12.1. The smallest absolute Gasteiger partial charge is 0.257 e. The quantitative estimate of drug-likeness (QED) is 0.709. The van der Waals surface area contributed by atoms with E-state index >= 15 is 0 Å². The number of rotatable bonds is 5. The summed E-state index contributed by atoms with van der Waals surface area (Å²) in [4.78, 5) is 14.3. The van der Waals surface area contributed by atoms with Crippen LogP contribution < -0.4 is 0 Å². The zero-order valence-corrected chi connectivity index (χ0v) is 14.6. The molecule has 134 valence electrons. The van der Waals surface area contributed by atoms with Gasteiger partial charge in [0.2, 0.25) is 0 Å². The van der Waals surface area contributed by atoms with Crippen LogP contribution in [0.15, 0.2) is 59.7 Å². The highest BCUT2D eigenvalue weighted by molar-refractivity contribution is 5.93. The molecule has 0 saturated carbocycles. The summed E-state index contributed by atoms with van der Waals surface area (Å²) in [7, 11) is 0. The molecule has 0 unspecified atom stereocenters. The van der Waals surface area contributed by atoms with Crippen molar-refractivity contribution in [3.05, 3.63) is 72.2 Å². The molecule has 0 N–H and O–H groups in total. The highest BCUT2D eigenvalue weighted by Crippen LogP contribution is 2.22. The summed E-state index contributed by atoms with van der Waals surface area (Å²) in [5.74, 6) is 1.61. The first-order valence-corrected chi connectivity index (χ1v) is 9.01. The Morgan fingerprint density at radius 1 is 1.15 bits per heavy atom. The second kappa shape index (κ2) is 7.56. The molecule has 0 bridgehead atoms. The van der Waals surface area contributed by atoms with Crippen molar-refractivity contribution in [1.82, 2.24) is 19.7 Å². The Bertz CT molecular complexity index is 834. The van der Waals surface area contributed by atoms with Crippen molar-refractivity contribution < 1.29 is 9.21 Å². The molecule has 2 aromatic heterocycles. The summed E-state index contributed by atoms with van der Waals surface area (Å²) in [6.45, 7) is 2.35. The molecule has 26 heavy (non-hydrogen) atoms. The Morgan fingerprint density at radius 3 is 2.69 bits per heavy atom. The van der Waals surface area contributed by atoms with Gasteiger partial charge in [0.05, 0.1) is 18.4 Å². The molecule has 3 aromatic rings. The summed E-state index contributed by atoms with van der Waals surface area (Å²) >= 11 is 0. The van der Waals surface area contributed by atoms with Gasteiger partial charge < -0.3 is 13.9 Å². The summed E-state index contributed by atoms with van der Waals surface area (Å²) in [5, 5.41) is 8.42. The largest absolute Gasteiger partial charge is 0.472 e. The monoisotopic (exact) mass is 350 g/mol. The predicted molar refractivity (Wildman–Crippen MR) is 96.6 cm³/mol. The fourth-order valence-corrected chi connectivity index (χ4v) is 3.52. The van der Waals surface area contributed by atoms with Crippen molar-refractivity contribution in [3.63, 3.8) is 0 Å². The van der Waals surface area contributed by atoms with Crippen LogP contribution in [0.4, 0.5) is 0 Å². The Labute approximate surface area is 152 Å². The van der Waals surface area contributed by atoms with E-state index in [2.05, 4.69) is 26.9 Å². The molecule has 3 heterocycles. The molecule has 0 radical (unpaired) electrons. The number of hydrogen-bond donors (Lipinski definition) is 0. The van der Waals surface area contributed by atoms with Crippen LogP contribution in [0.5, 0.6) is 0 Å². The van der Waals surface area contributed by atoms with E-state index in [0.29, 0.717) is 11.5 Å². The molecule has 1 aromatic carbocycles. The number of amides is 1. The number of aromatic nitrogens is 3. The molecular formula is C20H22N4O2. The van der Waals surface area contributed by atoms with Gasteiger partial charge in [0.1, 0.15) is 18.4 Å². The van der Waals surface area contributed by atoms with E-state index in [-0.39, 0.29) is 5.91 Å². The van der Waals surface area contributed by atoms with Gasteiger partial charge in [-0.15, -0.1) is 10.2 Å². The van der Waals surface area contributed by atoms with Gasteiger partial charge >= 0.3 is 0 Å². The first kappa shape index (κ1) is 16.6. The van der Waals surface area contributed by atoms with E-state index in [0.717, 1.165) is 44.7 Å². The molecule has 1 saturated heterocycles. The molecule has 1 fully saturated rings. The number of nitrogens with zero attached hydrogens (tertiary/aromatic N) is 4. The second-order valence-electron chi connectivity index (χ2n) is 6.81. The van der Waals surface area contributed by atoms with Crippen LogP contribution in [-0.4, -0.2) is 38.7 Å². The standard InChI is InChI=1S/C20H22N4O2/c25-20(18-8-11-26-14-18)23-9-6-16(7-10-23)12-19-22-21-15-24(19)13-17-4-2-1-3-5-17/h1-5,8,11,14-16H,6-7,9-10,12-13H2. The molecule has 0 spiro atoms. The number of hydrogen-bond acceptors (Lipinski definition) is 4. The molecule has 6 nitrogen and oxygen atoms in total. The van der Waals surface area contributed by atoms with Crippen molar-refractivity contribution in [3.8, 4) is 0 Å². The minimum atomic E-state index is 0.0597. The maximum atomic E-state index is 12.4. The van der Waals surface area contributed by atoms with Gasteiger partial charge in [-0.1, -0.05) is 30.3 Å². The van der Waals surface area contributed by atoms with Crippen LogP contribution in [0.1, 0.15) is 34.6 Å². The van der Waals surface area contributed by atoms with Gasteiger partial charge in [-0.05, 0) is 30.4 Å². The summed E-state index contributed by atoms with van der Waals surface area (Å²) in [5.41, 5.74) is 1.88. The number of benzene rings is 1. The molecular weight excluding hydrogens is 328 g/mol. The van der Waals surface area contributed by atoms with Crippen molar-refractivity contribution >= 4 is 5.91 Å². The lowest BCUT2D eigenvalue weighted by atomic mass is 9.93. The topological polar surface area (TPSA) is 64.2 Å². The van der Waals surface area contributed by atoms with Crippen molar-refractivity contribution in [2.24, 2.45) is 5.92 Å². The molecule has 1 aliphatic heterocycles. The lowest BCUT2D eigenvalue weighted by molar-refractivity contribution is 0.0689. The fourth-order valence-electron chi connectivity index (χ4n) is 3.52. The van der Waals surface area contributed by atoms with Gasteiger partial charge in [0.15, 0.2) is 0 Å². The van der Waals surface area contributed by atoms with Gasteiger partial charge in [-0.3, -0.25) is 4.79 Å². The first-order valence-electron chi connectivity index (χ1n) is 9.01. The fraction of sp³-hybridized carbons (Fsp3) is 0.350. The van der Waals surface area contributed by atoms with Crippen LogP contribution in [0.2, 0.25) is 0 Å². The van der Waals surface area contributed by atoms with Crippen molar-refractivity contribution in [1.29, 1.82) is 0 Å². The van der Waals surface area contributed by atoms with E-state index in [1.807, 2.05) is 23.1 Å². The maximum Gasteiger partial charge on any atom is 0.257 e. The Morgan fingerprint density at radius 2 is 1.96 bits per heavy atom. The lowest BCUT2D eigenvalue weighted by Gasteiger charge is -2.31. The average Bonchev–Trinajstić information content (AvgIpc) is 3.35. The number of furan rings is 1. The SMILES string of the molecule is O=C(c1ccoc1)N1CCC(Cc2nncn2Cc2ccccc2)CC1. The molecule has 0 atom stereocenters. The van der Waals surface area contributed by atoms with Crippen LogP contribution in [0.3, 0.4) is 0 Å². The predicted octanol–water partition coefficient (Wildman–Crippen LogP) is 3.01. The number of piperidine rings is 1.